The summed E-state index contributed by atoms with van der Waals surface area (Å²) in [4.78, 5) is 39.5. The molecule has 0 spiro atoms. The fourth-order valence-electron chi connectivity index (χ4n) is 5.66. The number of aliphatic hydroxyl groups is 1. The summed E-state index contributed by atoms with van der Waals surface area (Å²) in [6, 6.07) is 25.6. The van der Waals surface area contributed by atoms with Crippen molar-refractivity contribution < 1.29 is 29.0 Å². The van der Waals surface area contributed by atoms with Gasteiger partial charge in [0.2, 0.25) is 5.91 Å². The van der Waals surface area contributed by atoms with Crippen LogP contribution in [0.1, 0.15) is 55.5 Å². The van der Waals surface area contributed by atoms with E-state index in [1.165, 1.54) is 7.11 Å². The predicted octanol–water partition coefficient (Wildman–Crippen LogP) is 4.94. The van der Waals surface area contributed by atoms with Crippen LogP contribution in [0.3, 0.4) is 0 Å². The van der Waals surface area contributed by atoms with Crippen LogP contribution in [0.15, 0.2) is 84.9 Å². The van der Waals surface area contributed by atoms with Crippen LogP contribution >= 0.6 is 0 Å². The minimum atomic E-state index is -1.07. The summed E-state index contributed by atoms with van der Waals surface area (Å²) in [5.41, 5.74) is 3.03. The summed E-state index contributed by atoms with van der Waals surface area (Å²) in [5, 5.41) is 17.6. The molecule has 8 nitrogen and oxygen atoms in total. The van der Waals surface area contributed by atoms with E-state index in [9.17, 15) is 19.5 Å². The average molecular weight is 587 g/mol. The molecular formula is C35H42N2O6. The van der Waals surface area contributed by atoms with Gasteiger partial charge in [-0.15, -0.1) is 0 Å². The molecule has 43 heavy (non-hydrogen) atoms. The van der Waals surface area contributed by atoms with Crippen LogP contribution < -0.4 is 10.6 Å². The van der Waals surface area contributed by atoms with E-state index in [2.05, 4.69) is 10.6 Å². The first-order valence-electron chi connectivity index (χ1n) is 14.8. The number of benzene rings is 3. The van der Waals surface area contributed by atoms with Gasteiger partial charge in [0.15, 0.2) is 0 Å². The van der Waals surface area contributed by atoms with Gasteiger partial charge in [-0.2, -0.15) is 0 Å². The predicted molar refractivity (Wildman–Crippen MR) is 164 cm³/mol. The summed E-state index contributed by atoms with van der Waals surface area (Å²) >= 11 is 0. The molecule has 228 valence electrons. The number of fused-ring (bicyclic) bond motifs is 1. The first-order chi connectivity index (χ1) is 20.5. The number of hydrogen-bond donors (Lipinski definition) is 3. The molecular weight excluding hydrogens is 544 g/mol. The Morgan fingerprint density at radius 3 is 2.07 bits per heavy atom. The highest BCUT2D eigenvalue weighted by Gasteiger charge is 2.40. The van der Waals surface area contributed by atoms with Gasteiger partial charge in [-0.25, -0.2) is 4.79 Å². The molecule has 8 heteroatoms. The summed E-state index contributed by atoms with van der Waals surface area (Å²) in [7, 11) is 1.35. The largest absolute Gasteiger partial charge is 0.469 e. The highest BCUT2D eigenvalue weighted by atomic mass is 16.6. The second kappa shape index (κ2) is 14.3. The van der Waals surface area contributed by atoms with Crippen LogP contribution in [-0.2, 0) is 38.3 Å². The molecule has 1 aliphatic rings. The number of aliphatic hydroxyl groups excluding tert-OH is 1. The third-order valence-electron chi connectivity index (χ3n) is 7.72. The highest BCUT2D eigenvalue weighted by Crippen LogP contribution is 2.37. The Morgan fingerprint density at radius 1 is 0.884 bits per heavy atom. The van der Waals surface area contributed by atoms with Crippen LogP contribution in [0.4, 0.5) is 4.79 Å². The second-order valence-electron chi connectivity index (χ2n) is 12.2. The monoisotopic (exact) mass is 586 g/mol. The second-order valence-corrected chi connectivity index (χ2v) is 12.2. The maximum Gasteiger partial charge on any atom is 0.407 e. The van der Waals surface area contributed by atoms with E-state index in [1.807, 2.05) is 84.9 Å². The van der Waals surface area contributed by atoms with Gasteiger partial charge in [-0.3, -0.25) is 9.59 Å². The van der Waals surface area contributed by atoms with Crippen LogP contribution in [0.5, 0.6) is 0 Å². The van der Waals surface area contributed by atoms with Gasteiger partial charge in [0, 0.05) is 5.92 Å². The van der Waals surface area contributed by atoms with Crippen molar-refractivity contribution in [3.8, 4) is 0 Å². The van der Waals surface area contributed by atoms with Gasteiger partial charge in [0.25, 0.3) is 0 Å². The topological polar surface area (TPSA) is 114 Å². The number of hydrogen-bond acceptors (Lipinski definition) is 6. The van der Waals surface area contributed by atoms with E-state index in [1.54, 1.807) is 20.8 Å². The fraction of sp³-hybridized carbons (Fsp3) is 0.400. The van der Waals surface area contributed by atoms with Crippen molar-refractivity contribution in [3.05, 3.63) is 107 Å². The van der Waals surface area contributed by atoms with Crippen LogP contribution in [0.25, 0.3) is 0 Å². The van der Waals surface area contributed by atoms with Gasteiger partial charge in [0.1, 0.15) is 5.60 Å². The third-order valence-corrected chi connectivity index (χ3v) is 7.72. The number of rotatable bonds is 11. The highest BCUT2D eigenvalue weighted by molar-refractivity contribution is 5.82. The van der Waals surface area contributed by atoms with E-state index >= 15 is 0 Å². The summed E-state index contributed by atoms with van der Waals surface area (Å²) < 4.78 is 10.6. The Morgan fingerprint density at radius 2 is 1.47 bits per heavy atom. The van der Waals surface area contributed by atoms with Crippen molar-refractivity contribution >= 4 is 18.0 Å². The van der Waals surface area contributed by atoms with Crippen LogP contribution in [0, 0.1) is 11.8 Å². The molecule has 0 saturated heterocycles. The van der Waals surface area contributed by atoms with E-state index in [0.717, 1.165) is 22.3 Å². The van der Waals surface area contributed by atoms with Crippen LogP contribution in [0.2, 0.25) is 0 Å². The molecule has 1 aliphatic carbocycles. The summed E-state index contributed by atoms with van der Waals surface area (Å²) in [6.07, 6.45) is -0.448. The van der Waals surface area contributed by atoms with E-state index in [0.29, 0.717) is 19.3 Å². The molecule has 0 radical (unpaired) electrons. The quantitative estimate of drug-likeness (QED) is 0.275. The van der Waals surface area contributed by atoms with Crippen molar-refractivity contribution in [2.75, 3.05) is 7.11 Å². The SMILES string of the molecule is COC(=O)C1Cc2ccccc2C1NC(=O)[C@H](Cc1ccccc1)C[C@H](O)[C@H](Cc1ccccc1)NC(=O)OC(C)(C)C. The number of carbonyl (C=O) groups is 3. The molecule has 0 saturated carbocycles. The Kier molecular flexibility index (Phi) is 10.6. The van der Waals surface area contributed by atoms with Gasteiger partial charge in [0.05, 0.1) is 31.2 Å². The van der Waals surface area contributed by atoms with Gasteiger partial charge < -0.3 is 25.2 Å². The van der Waals surface area contributed by atoms with E-state index < -0.39 is 41.7 Å². The summed E-state index contributed by atoms with van der Waals surface area (Å²) in [5.74, 6) is -1.87. The van der Waals surface area contributed by atoms with Gasteiger partial charge >= 0.3 is 12.1 Å². The normalized spacial score (nSPS) is 18.1. The smallest absolute Gasteiger partial charge is 0.407 e. The zero-order valence-electron chi connectivity index (χ0n) is 25.3. The molecule has 0 fully saturated rings. The number of nitrogens with one attached hydrogen (secondary N) is 2. The standard InChI is InChI=1S/C35H42N2O6/c1-35(2,3)43-34(41)36-29(20-24-15-9-6-10-16-24)30(38)22-26(19-23-13-7-5-8-14-23)32(39)37-31-27-18-12-11-17-25(27)21-28(31)33(40)42-4/h5-18,26,28-31,38H,19-22H2,1-4H3,(H,36,41)(H,37,39)/t26-,28?,29+,30+,31?/m1/s1. The first-order valence-corrected chi connectivity index (χ1v) is 14.8. The lowest BCUT2D eigenvalue weighted by Gasteiger charge is -2.30. The average Bonchev–Trinajstić information content (AvgIpc) is 3.34. The van der Waals surface area contributed by atoms with Crippen molar-refractivity contribution in [2.24, 2.45) is 11.8 Å². The van der Waals surface area contributed by atoms with Gasteiger partial charge in [-0.1, -0.05) is 84.9 Å². The lowest BCUT2D eigenvalue weighted by atomic mass is 9.88. The molecule has 0 heterocycles. The molecule has 0 bridgehead atoms. The summed E-state index contributed by atoms with van der Waals surface area (Å²) in [6.45, 7) is 5.33. The number of amides is 2. The molecule has 0 aliphatic heterocycles. The minimum Gasteiger partial charge on any atom is -0.469 e. The molecule has 3 aromatic carbocycles. The zero-order valence-corrected chi connectivity index (χ0v) is 25.3. The Hall–Kier alpha value is -4.17. The maximum absolute atomic E-state index is 14.0. The molecule has 3 aromatic rings. The zero-order chi connectivity index (χ0) is 31.0. The van der Waals surface area contributed by atoms with Crippen molar-refractivity contribution in [3.63, 3.8) is 0 Å². The lowest BCUT2D eigenvalue weighted by molar-refractivity contribution is -0.146. The van der Waals surface area contributed by atoms with Crippen LogP contribution in [-0.4, -0.2) is 47.9 Å². The molecule has 5 atom stereocenters. The minimum absolute atomic E-state index is 0.0747. The molecule has 4 rings (SSSR count). The molecule has 2 unspecified atom stereocenters. The lowest BCUT2D eigenvalue weighted by Crippen LogP contribution is -2.48. The molecule has 0 aromatic heterocycles. The van der Waals surface area contributed by atoms with Crippen molar-refractivity contribution in [1.29, 1.82) is 0 Å². The first kappa shape index (κ1) is 31.8. The molecule has 2 amide bonds. The van der Waals surface area contributed by atoms with Gasteiger partial charge in [-0.05, 0) is 68.7 Å². The van der Waals surface area contributed by atoms with E-state index in [-0.39, 0.29) is 18.3 Å². The number of esters is 1. The number of methoxy groups -OCH3 is 1. The Bertz CT molecular complexity index is 1370. The fourth-order valence-corrected chi connectivity index (χ4v) is 5.66. The number of carbonyl (C=O) groups excluding carboxylic acids is 3. The van der Waals surface area contributed by atoms with E-state index in [4.69, 9.17) is 9.47 Å². The Labute approximate surface area is 253 Å². The number of ether oxygens (including phenoxy) is 2. The van der Waals surface area contributed by atoms with Crippen molar-refractivity contribution in [2.45, 2.75) is 70.2 Å². The molecule has 3 N–H and O–H groups in total. The van der Waals surface area contributed by atoms with Crippen molar-refractivity contribution in [1.82, 2.24) is 10.6 Å². The Balaban J connectivity index is 1.58. The number of alkyl carbamates (subject to hydrolysis) is 1. The maximum atomic E-state index is 14.0. The third kappa shape index (κ3) is 8.91.